The molecule has 0 fully saturated rings. The maximum absolute atomic E-state index is 8.66. The van der Waals surface area contributed by atoms with Gasteiger partial charge in [0, 0.05) is 19.6 Å². The molecular formula is C9H21N3O2. The molecule has 0 amide bonds. The average molecular weight is 203 g/mol. The molecule has 0 saturated heterocycles. The van der Waals surface area contributed by atoms with Crippen LogP contribution in [0, 0.1) is 0 Å². The van der Waals surface area contributed by atoms with Crippen LogP contribution in [0.1, 0.15) is 26.2 Å². The smallest absolute Gasteiger partial charge is 0.139 e. The van der Waals surface area contributed by atoms with Crippen LogP contribution in [0.3, 0.4) is 0 Å². The fourth-order valence-electron chi connectivity index (χ4n) is 1.26. The van der Waals surface area contributed by atoms with Crippen LogP contribution in [0.4, 0.5) is 0 Å². The van der Waals surface area contributed by atoms with Gasteiger partial charge >= 0.3 is 0 Å². The fraction of sp³-hybridized carbons (Fsp3) is 0.889. The van der Waals surface area contributed by atoms with E-state index in [4.69, 9.17) is 16.0 Å². The first-order chi connectivity index (χ1) is 6.74. The summed E-state index contributed by atoms with van der Waals surface area (Å²) < 4.78 is 0. The van der Waals surface area contributed by atoms with Crippen molar-refractivity contribution < 1.29 is 10.3 Å². The lowest BCUT2D eigenvalue weighted by Crippen LogP contribution is -2.27. The van der Waals surface area contributed by atoms with E-state index in [1.807, 2.05) is 0 Å². The van der Waals surface area contributed by atoms with Gasteiger partial charge in [0.2, 0.25) is 0 Å². The minimum atomic E-state index is 0.233. The number of amidine groups is 1. The van der Waals surface area contributed by atoms with E-state index in [0.29, 0.717) is 6.42 Å². The lowest BCUT2D eigenvalue weighted by Gasteiger charge is -2.19. The highest BCUT2D eigenvalue weighted by Crippen LogP contribution is 1.96. The SMILES string of the molecule is CCN(CCCO)CCCC(N)=NO. The highest BCUT2D eigenvalue weighted by atomic mass is 16.4. The summed E-state index contributed by atoms with van der Waals surface area (Å²) in [5, 5.41) is 19.9. The molecule has 0 rings (SSSR count). The second-order valence-electron chi connectivity index (χ2n) is 3.21. The largest absolute Gasteiger partial charge is 0.409 e. The third kappa shape index (κ3) is 6.68. The van der Waals surface area contributed by atoms with Crippen molar-refractivity contribution in [3.63, 3.8) is 0 Å². The highest BCUT2D eigenvalue weighted by molar-refractivity contribution is 5.79. The first-order valence-corrected chi connectivity index (χ1v) is 5.04. The van der Waals surface area contributed by atoms with E-state index in [0.717, 1.165) is 32.5 Å². The molecule has 0 unspecified atom stereocenters. The van der Waals surface area contributed by atoms with E-state index in [-0.39, 0.29) is 12.4 Å². The second kappa shape index (κ2) is 8.77. The van der Waals surface area contributed by atoms with E-state index < -0.39 is 0 Å². The molecule has 0 radical (unpaired) electrons. The maximum Gasteiger partial charge on any atom is 0.139 e. The summed E-state index contributed by atoms with van der Waals surface area (Å²) >= 11 is 0. The Balaban J connectivity index is 3.52. The normalized spacial score (nSPS) is 12.4. The average Bonchev–Trinajstić information content (AvgIpc) is 2.22. The molecule has 0 bridgehead atoms. The molecular weight excluding hydrogens is 182 g/mol. The van der Waals surface area contributed by atoms with Gasteiger partial charge in [-0.05, 0) is 25.9 Å². The molecule has 0 saturated carbocycles. The van der Waals surface area contributed by atoms with E-state index >= 15 is 0 Å². The third-order valence-electron chi connectivity index (χ3n) is 2.12. The van der Waals surface area contributed by atoms with Crippen LogP contribution in [0.2, 0.25) is 0 Å². The van der Waals surface area contributed by atoms with Crippen molar-refractivity contribution in [3.8, 4) is 0 Å². The van der Waals surface area contributed by atoms with Crippen molar-refractivity contribution >= 4 is 5.84 Å². The Morgan fingerprint density at radius 3 is 2.50 bits per heavy atom. The van der Waals surface area contributed by atoms with Crippen molar-refractivity contribution in [1.29, 1.82) is 0 Å². The number of oxime groups is 1. The molecule has 4 N–H and O–H groups in total. The predicted molar refractivity (Wildman–Crippen MR) is 56.5 cm³/mol. The number of aliphatic hydroxyl groups is 1. The van der Waals surface area contributed by atoms with Gasteiger partial charge in [-0.15, -0.1) is 0 Å². The summed E-state index contributed by atoms with van der Waals surface area (Å²) in [5.41, 5.74) is 5.34. The Labute approximate surface area is 85.2 Å². The van der Waals surface area contributed by atoms with Crippen molar-refractivity contribution in [3.05, 3.63) is 0 Å². The quantitative estimate of drug-likeness (QED) is 0.228. The Morgan fingerprint density at radius 1 is 1.36 bits per heavy atom. The second-order valence-corrected chi connectivity index (χ2v) is 3.21. The first-order valence-electron chi connectivity index (χ1n) is 5.04. The molecule has 0 aliphatic carbocycles. The molecule has 0 aliphatic rings. The van der Waals surface area contributed by atoms with E-state index in [9.17, 15) is 0 Å². The summed E-state index contributed by atoms with van der Waals surface area (Å²) in [6.07, 6.45) is 2.30. The lowest BCUT2D eigenvalue weighted by molar-refractivity contribution is 0.229. The van der Waals surface area contributed by atoms with Crippen molar-refractivity contribution in [1.82, 2.24) is 4.90 Å². The molecule has 5 nitrogen and oxygen atoms in total. The molecule has 0 aromatic carbocycles. The molecule has 0 aliphatic heterocycles. The summed E-state index contributed by atoms with van der Waals surface area (Å²) in [7, 11) is 0. The topological polar surface area (TPSA) is 82.1 Å². The third-order valence-corrected chi connectivity index (χ3v) is 2.12. The van der Waals surface area contributed by atoms with E-state index in [1.165, 1.54) is 0 Å². The first kappa shape index (κ1) is 13.2. The van der Waals surface area contributed by atoms with Gasteiger partial charge in [0.25, 0.3) is 0 Å². The molecule has 0 atom stereocenters. The zero-order valence-corrected chi connectivity index (χ0v) is 8.82. The van der Waals surface area contributed by atoms with Gasteiger partial charge in [0.15, 0.2) is 0 Å². The summed E-state index contributed by atoms with van der Waals surface area (Å²) in [5.74, 6) is 0.281. The number of nitrogens with two attached hydrogens (primary N) is 1. The standard InChI is InChI=1S/C9H21N3O2/c1-2-12(7-4-8-13)6-3-5-9(10)11-14/h13-14H,2-8H2,1H3,(H2,10,11). The van der Waals surface area contributed by atoms with E-state index in [2.05, 4.69) is 17.0 Å². The Kier molecular flexibility index (Phi) is 8.27. The van der Waals surface area contributed by atoms with Crippen LogP contribution in [0.5, 0.6) is 0 Å². The molecule has 0 aromatic heterocycles. The molecule has 5 heteroatoms. The van der Waals surface area contributed by atoms with Crippen LogP contribution in [-0.4, -0.2) is 47.3 Å². The number of nitrogens with zero attached hydrogens (tertiary/aromatic N) is 2. The van der Waals surface area contributed by atoms with Gasteiger partial charge in [-0.1, -0.05) is 12.1 Å². The Morgan fingerprint density at radius 2 is 2.00 bits per heavy atom. The zero-order valence-electron chi connectivity index (χ0n) is 8.82. The summed E-state index contributed by atoms with van der Waals surface area (Å²) in [4.78, 5) is 2.24. The van der Waals surface area contributed by atoms with Crippen LogP contribution in [0.15, 0.2) is 5.16 Å². The summed E-state index contributed by atoms with van der Waals surface area (Å²) in [6, 6.07) is 0. The Bertz CT molecular complexity index is 162. The molecule has 14 heavy (non-hydrogen) atoms. The monoisotopic (exact) mass is 203 g/mol. The maximum atomic E-state index is 8.66. The predicted octanol–water partition coefficient (Wildman–Crippen LogP) is 0.217. The van der Waals surface area contributed by atoms with Gasteiger partial charge < -0.3 is 20.9 Å². The molecule has 0 heterocycles. The highest BCUT2D eigenvalue weighted by Gasteiger charge is 2.02. The van der Waals surface area contributed by atoms with Crippen molar-refractivity contribution in [2.75, 3.05) is 26.2 Å². The Hall–Kier alpha value is -0.810. The molecule has 0 aromatic rings. The summed E-state index contributed by atoms with van der Waals surface area (Å²) in [6.45, 7) is 5.11. The molecule has 84 valence electrons. The van der Waals surface area contributed by atoms with Crippen LogP contribution in [0.25, 0.3) is 0 Å². The minimum Gasteiger partial charge on any atom is -0.409 e. The van der Waals surface area contributed by atoms with Crippen LogP contribution >= 0.6 is 0 Å². The lowest BCUT2D eigenvalue weighted by atomic mass is 10.2. The van der Waals surface area contributed by atoms with Crippen molar-refractivity contribution in [2.24, 2.45) is 10.9 Å². The molecule has 0 spiro atoms. The van der Waals surface area contributed by atoms with Crippen molar-refractivity contribution in [2.45, 2.75) is 26.2 Å². The zero-order chi connectivity index (χ0) is 10.8. The number of hydrogen-bond donors (Lipinski definition) is 3. The minimum absolute atomic E-state index is 0.233. The number of hydrogen-bond acceptors (Lipinski definition) is 4. The van der Waals surface area contributed by atoms with Gasteiger partial charge in [-0.3, -0.25) is 0 Å². The number of aliphatic hydroxyl groups excluding tert-OH is 1. The van der Waals surface area contributed by atoms with Crippen LogP contribution < -0.4 is 5.73 Å². The number of rotatable bonds is 8. The van der Waals surface area contributed by atoms with E-state index in [1.54, 1.807) is 0 Å². The van der Waals surface area contributed by atoms with Gasteiger partial charge in [-0.2, -0.15) is 0 Å². The van der Waals surface area contributed by atoms with Gasteiger partial charge in [0.05, 0.1) is 0 Å². The van der Waals surface area contributed by atoms with Crippen LogP contribution in [-0.2, 0) is 0 Å². The van der Waals surface area contributed by atoms with Gasteiger partial charge in [-0.25, -0.2) is 0 Å². The fourth-order valence-corrected chi connectivity index (χ4v) is 1.26. The van der Waals surface area contributed by atoms with Gasteiger partial charge in [0.1, 0.15) is 5.84 Å².